The molecule has 0 saturated carbocycles. The molecule has 25 heavy (non-hydrogen) atoms. The van der Waals surface area contributed by atoms with Crippen molar-refractivity contribution in [2.45, 2.75) is 18.9 Å². The van der Waals surface area contributed by atoms with Gasteiger partial charge in [0, 0.05) is 37.5 Å². The van der Waals surface area contributed by atoms with E-state index in [9.17, 15) is 10.1 Å². The minimum absolute atomic E-state index is 0.283. The molecule has 1 unspecified atom stereocenters. The summed E-state index contributed by atoms with van der Waals surface area (Å²) in [4.78, 5) is 12.2. The maximum Gasteiger partial charge on any atom is 0.407 e. The van der Waals surface area contributed by atoms with Crippen LogP contribution in [0.4, 0.5) is 4.79 Å². The van der Waals surface area contributed by atoms with E-state index < -0.39 is 6.09 Å². The van der Waals surface area contributed by atoms with Crippen molar-refractivity contribution in [1.29, 1.82) is 5.26 Å². The van der Waals surface area contributed by atoms with Crippen LogP contribution in [-0.4, -0.2) is 35.8 Å². The topological polar surface area (TPSA) is 73.6 Å². The minimum atomic E-state index is -0.987. The molecule has 0 bridgehead atoms. The molecule has 0 saturated heterocycles. The maximum absolute atomic E-state index is 11.0. The summed E-state index contributed by atoms with van der Waals surface area (Å²) < 4.78 is 6.02. The molecule has 6 heteroatoms. The van der Waals surface area contributed by atoms with E-state index in [-0.39, 0.29) is 6.10 Å². The van der Waals surface area contributed by atoms with E-state index in [2.05, 4.69) is 6.07 Å². The van der Waals surface area contributed by atoms with Crippen molar-refractivity contribution in [1.82, 2.24) is 4.90 Å². The van der Waals surface area contributed by atoms with Crippen molar-refractivity contribution in [2.24, 2.45) is 0 Å². The fourth-order valence-corrected chi connectivity index (χ4v) is 2.54. The van der Waals surface area contributed by atoms with E-state index >= 15 is 0 Å². The first kappa shape index (κ1) is 18.6. The molecule has 1 amide bonds. The Kier molecular flexibility index (Phi) is 6.67. The molecule has 0 fully saturated rings. The van der Waals surface area contributed by atoms with Gasteiger partial charge >= 0.3 is 6.09 Å². The molecule has 5 nitrogen and oxygen atoms in total. The predicted octanol–water partition coefficient (Wildman–Crippen LogP) is 4.20. The lowest BCUT2D eigenvalue weighted by molar-refractivity contribution is 0.139. The van der Waals surface area contributed by atoms with Crippen molar-refractivity contribution < 1.29 is 14.6 Å². The summed E-state index contributed by atoms with van der Waals surface area (Å²) in [6.07, 6.45) is -0.172. The number of benzene rings is 2. The quantitative estimate of drug-likeness (QED) is 0.804. The van der Waals surface area contributed by atoms with Crippen LogP contribution in [0.5, 0.6) is 5.75 Å². The Morgan fingerprint density at radius 3 is 2.68 bits per heavy atom. The third kappa shape index (κ3) is 5.70. The molecule has 1 atom stereocenters. The summed E-state index contributed by atoms with van der Waals surface area (Å²) in [6.45, 7) is 0.329. The maximum atomic E-state index is 11.0. The first-order valence-electron chi connectivity index (χ1n) is 7.84. The standard InChI is InChI=1S/C19H19ClN2O3/c1-22(19(23)24)10-9-17(11-14-5-3-2-4-6-14)25-18-12-16(20)8-7-15(18)13-21/h2-8,12,17H,9-11H2,1H3,(H,23,24). The number of amides is 1. The third-order valence-corrected chi connectivity index (χ3v) is 4.01. The number of hydrogen-bond acceptors (Lipinski definition) is 3. The van der Waals surface area contributed by atoms with Gasteiger partial charge in [0.05, 0.1) is 5.56 Å². The van der Waals surface area contributed by atoms with Crippen LogP contribution in [0.25, 0.3) is 0 Å². The largest absolute Gasteiger partial charge is 0.489 e. The fourth-order valence-electron chi connectivity index (χ4n) is 2.38. The second kappa shape index (κ2) is 8.95. The van der Waals surface area contributed by atoms with E-state index in [4.69, 9.17) is 21.4 Å². The predicted molar refractivity (Wildman–Crippen MR) is 96.0 cm³/mol. The van der Waals surface area contributed by atoms with Crippen LogP contribution in [0.1, 0.15) is 17.5 Å². The van der Waals surface area contributed by atoms with Crippen LogP contribution in [0, 0.1) is 11.3 Å². The number of hydrogen-bond donors (Lipinski definition) is 1. The van der Waals surface area contributed by atoms with Crippen molar-refractivity contribution in [3.8, 4) is 11.8 Å². The van der Waals surface area contributed by atoms with Gasteiger partial charge in [-0.25, -0.2) is 4.79 Å². The highest BCUT2D eigenvalue weighted by Gasteiger charge is 2.17. The molecule has 0 aliphatic carbocycles. The lowest BCUT2D eigenvalue weighted by atomic mass is 10.1. The van der Waals surface area contributed by atoms with Gasteiger partial charge in [0.25, 0.3) is 0 Å². The monoisotopic (exact) mass is 358 g/mol. The molecule has 130 valence electrons. The second-order valence-electron chi connectivity index (χ2n) is 5.67. The Hall–Kier alpha value is -2.71. The summed E-state index contributed by atoms with van der Waals surface area (Å²) in [5, 5.41) is 18.7. The zero-order valence-electron chi connectivity index (χ0n) is 13.9. The van der Waals surface area contributed by atoms with Gasteiger partial charge in [0.1, 0.15) is 17.9 Å². The molecule has 0 heterocycles. The van der Waals surface area contributed by atoms with Crippen molar-refractivity contribution in [3.05, 3.63) is 64.7 Å². The number of nitriles is 1. The number of ether oxygens (including phenoxy) is 1. The van der Waals surface area contributed by atoms with Gasteiger partial charge < -0.3 is 14.7 Å². The second-order valence-corrected chi connectivity index (χ2v) is 6.11. The average Bonchev–Trinajstić information content (AvgIpc) is 2.60. The Bertz CT molecular complexity index is 759. The van der Waals surface area contributed by atoms with E-state index in [1.54, 1.807) is 18.2 Å². The smallest absolute Gasteiger partial charge is 0.407 e. The number of nitrogens with zero attached hydrogens (tertiary/aromatic N) is 2. The van der Waals surface area contributed by atoms with Gasteiger partial charge in [-0.3, -0.25) is 0 Å². The minimum Gasteiger partial charge on any atom is -0.489 e. The van der Waals surface area contributed by atoms with Gasteiger partial charge in [-0.1, -0.05) is 41.9 Å². The zero-order chi connectivity index (χ0) is 18.2. The van der Waals surface area contributed by atoms with E-state index in [1.165, 1.54) is 11.9 Å². The van der Waals surface area contributed by atoms with Crippen LogP contribution < -0.4 is 4.74 Å². The van der Waals surface area contributed by atoms with Crippen molar-refractivity contribution >= 4 is 17.7 Å². The molecule has 0 aliphatic rings. The van der Waals surface area contributed by atoms with Crippen LogP contribution in [0.15, 0.2) is 48.5 Å². The molecule has 2 aromatic rings. The number of rotatable bonds is 7. The normalized spacial score (nSPS) is 11.4. The summed E-state index contributed by atoms with van der Waals surface area (Å²) in [5.74, 6) is 0.411. The summed E-state index contributed by atoms with van der Waals surface area (Å²) in [6, 6.07) is 16.7. The highest BCUT2D eigenvalue weighted by molar-refractivity contribution is 6.30. The molecular formula is C19H19ClN2O3. The van der Waals surface area contributed by atoms with Gasteiger partial charge in [-0.15, -0.1) is 0 Å². The Labute approximate surface area is 152 Å². The van der Waals surface area contributed by atoms with Crippen LogP contribution >= 0.6 is 11.6 Å². The lowest BCUT2D eigenvalue weighted by Gasteiger charge is -2.22. The summed E-state index contributed by atoms with van der Waals surface area (Å²) in [7, 11) is 1.52. The lowest BCUT2D eigenvalue weighted by Crippen LogP contribution is -2.31. The van der Waals surface area contributed by atoms with Crippen molar-refractivity contribution in [3.63, 3.8) is 0 Å². The van der Waals surface area contributed by atoms with Crippen LogP contribution in [-0.2, 0) is 6.42 Å². The Balaban J connectivity index is 2.17. The molecule has 0 radical (unpaired) electrons. The zero-order valence-corrected chi connectivity index (χ0v) is 14.6. The highest BCUT2D eigenvalue weighted by atomic mass is 35.5. The van der Waals surface area contributed by atoms with E-state index in [0.29, 0.717) is 35.7 Å². The number of carboxylic acid groups (broad SMARTS) is 1. The molecule has 0 aromatic heterocycles. The Morgan fingerprint density at radius 2 is 2.04 bits per heavy atom. The Morgan fingerprint density at radius 1 is 1.32 bits per heavy atom. The summed E-state index contributed by atoms with van der Waals surface area (Å²) in [5.41, 5.74) is 1.47. The van der Waals surface area contributed by atoms with Crippen LogP contribution in [0.3, 0.4) is 0 Å². The van der Waals surface area contributed by atoms with Gasteiger partial charge in [0.2, 0.25) is 0 Å². The molecule has 2 rings (SSSR count). The van der Waals surface area contributed by atoms with E-state index in [1.807, 2.05) is 30.3 Å². The molecule has 2 aromatic carbocycles. The first-order valence-corrected chi connectivity index (χ1v) is 8.21. The number of halogens is 1. The molecule has 1 N–H and O–H groups in total. The molecule has 0 spiro atoms. The third-order valence-electron chi connectivity index (χ3n) is 3.78. The van der Waals surface area contributed by atoms with Crippen molar-refractivity contribution in [2.75, 3.05) is 13.6 Å². The fraction of sp³-hybridized carbons (Fsp3) is 0.263. The average molecular weight is 359 g/mol. The van der Waals surface area contributed by atoms with Gasteiger partial charge in [0.15, 0.2) is 0 Å². The first-order chi connectivity index (χ1) is 12.0. The summed E-state index contributed by atoms with van der Waals surface area (Å²) >= 11 is 6.01. The number of carbonyl (C=O) groups is 1. The van der Waals surface area contributed by atoms with Gasteiger partial charge in [-0.2, -0.15) is 5.26 Å². The van der Waals surface area contributed by atoms with E-state index in [0.717, 1.165) is 5.56 Å². The highest BCUT2D eigenvalue weighted by Crippen LogP contribution is 2.25. The molecule has 0 aliphatic heterocycles. The van der Waals surface area contributed by atoms with Gasteiger partial charge in [-0.05, 0) is 17.7 Å². The van der Waals surface area contributed by atoms with Crippen LogP contribution in [0.2, 0.25) is 5.02 Å². The SMILES string of the molecule is CN(CCC(Cc1ccccc1)Oc1cc(Cl)ccc1C#N)C(=O)O. The molecular weight excluding hydrogens is 340 g/mol.